The lowest BCUT2D eigenvalue weighted by Gasteiger charge is -2.37. The van der Waals surface area contributed by atoms with E-state index in [0.29, 0.717) is 12.6 Å². The molecule has 1 unspecified atom stereocenters. The third-order valence-corrected chi connectivity index (χ3v) is 3.89. The zero-order valence-electron chi connectivity index (χ0n) is 12.4. The van der Waals surface area contributed by atoms with Crippen LogP contribution in [0.5, 0.6) is 0 Å². The number of piperidine rings is 1. The molecule has 3 nitrogen and oxygen atoms in total. The SMILES string of the molecule is CC(C)NCc1cc(F)ccc1N1CCCCC1CO. The second kappa shape index (κ2) is 7.04. The highest BCUT2D eigenvalue weighted by Gasteiger charge is 2.23. The van der Waals surface area contributed by atoms with Crippen LogP contribution in [-0.4, -0.2) is 30.3 Å². The molecule has 2 N–H and O–H groups in total. The van der Waals surface area contributed by atoms with Gasteiger partial charge in [-0.15, -0.1) is 0 Å². The van der Waals surface area contributed by atoms with Crippen molar-refractivity contribution < 1.29 is 9.50 Å². The Morgan fingerprint density at radius 1 is 1.40 bits per heavy atom. The van der Waals surface area contributed by atoms with Gasteiger partial charge in [-0.25, -0.2) is 4.39 Å². The van der Waals surface area contributed by atoms with E-state index < -0.39 is 0 Å². The number of halogens is 1. The smallest absolute Gasteiger partial charge is 0.123 e. The summed E-state index contributed by atoms with van der Waals surface area (Å²) in [4.78, 5) is 2.24. The number of hydrogen-bond acceptors (Lipinski definition) is 3. The molecule has 0 aliphatic carbocycles. The highest BCUT2D eigenvalue weighted by molar-refractivity contribution is 5.55. The Labute approximate surface area is 120 Å². The second-order valence-electron chi connectivity index (χ2n) is 5.83. The fourth-order valence-corrected chi connectivity index (χ4v) is 2.80. The monoisotopic (exact) mass is 280 g/mol. The Morgan fingerprint density at radius 3 is 2.90 bits per heavy atom. The number of hydrogen-bond donors (Lipinski definition) is 2. The maximum absolute atomic E-state index is 13.5. The van der Waals surface area contributed by atoms with E-state index in [9.17, 15) is 9.50 Å². The minimum Gasteiger partial charge on any atom is -0.394 e. The summed E-state index contributed by atoms with van der Waals surface area (Å²) in [6.45, 7) is 5.91. The lowest BCUT2D eigenvalue weighted by Crippen LogP contribution is -2.42. The molecule has 1 atom stereocenters. The normalized spacial score (nSPS) is 19.6. The summed E-state index contributed by atoms with van der Waals surface area (Å²) in [5.41, 5.74) is 2.03. The van der Waals surface area contributed by atoms with Gasteiger partial charge in [-0.3, -0.25) is 0 Å². The van der Waals surface area contributed by atoms with Gasteiger partial charge in [-0.05, 0) is 43.0 Å². The summed E-state index contributed by atoms with van der Waals surface area (Å²) >= 11 is 0. The van der Waals surface area contributed by atoms with Crippen LogP contribution in [0.1, 0.15) is 38.7 Å². The first-order valence-corrected chi connectivity index (χ1v) is 7.51. The first-order chi connectivity index (χ1) is 9.61. The van der Waals surface area contributed by atoms with Crippen LogP contribution in [0.2, 0.25) is 0 Å². The van der Waals surface area contributed by atoms with E-state index in [1.807, 2.05) is 6.07 Å². The molecule has 1 fully saturated rings. The fourth-order valence-electron chi connectivity index (χ4n) is 2.80. The van der Waals surface area contributed by atoms with Crippen molar-refractivity contribution in [2.45, 2.75) is 51.7 Å². The third-order valence-electron chi connectivity index (χ3n) is 3.89. The van der Waals surface area contributed by atoms with Gasteiger partial charge in [0.05, 0.1) is 12.6 Å². The molecule has 20 heavy (non-hydrogen) atoms. The first kappa shape index (κ1) is 15.3. The number of nitrogens with one attached hydrogen (secondary N) is 1. The van der Waals surface area contributed by atoms with Crippen LogP contribution in [0.15, 0.2) is 18.2 Å². The molecule has 0 bridgehead atoms. The second-order valence-corrected chi connectivity index (χ2v) is 5.83. The van der Waals surface area contributed by atoms with E-state index >= 15 is 0 Å². The van der Waals surface area contributed by atoms with E-state index in [4.69, 9.17) is 0 Å². The maximum Gasteiger partial charge on any atom is 0.123 e. The van der Waals surface area contributed by atoms with Gasteiger partial charge in [0.15, 0.2) is 0 Å². The maximum atomic E-state index is 13.5. The van der Waals surface area contributed by atoms with Crippen molar-refractivity contribution in [1.29, 1.82) is 0 Å². The Morgan fingerprint density at radius 2 is 2.20 bits per heavy atom. The lowest BCUT2D eigenvalue weighted by molar-refractivity contribution is 0.240. The molecular formula is C16H25FN2O. The van der Waals surface area contributed by atoms with E-state index in [1.165, 1.54) is 6.07 Å². The van der Waals surface area contributed by atoms with Gasteiger partial charge >= 0.3 is 0 Å². The van der Waals surface area contributed by atoms with E-state index in [2.05, 4.69) is 24.1 Å². The van der Waals surface area contributed by atoms with Crippen molar-refractivity contribution in [3.63, 3.8) is 0 Å². The number of aliphatic hydroxyl groups is 1. The molecule has 0 amide bonds. The van der Waals surface area contributed by atoms with Crippen molar-refractivity contribution in [3.05, 3.63) is 29.6 Å². The summed E-state index contributed by atoms with van der Waals surface area (Å²) in [7, 11) is 0. The molecule has 4 heteroatoms. The summed E-state index contributed by atoms with van der Waals surface area (Å²) in [5, 5.41) is 12.9. The highest BCUT2D eigenvalue weighted by Crippen LogP contribution is 2.28. The molecule has 112 valence electrons. The number of rotatable bonds is 5. The Hall–Kier alpha value is -1.13. The summed E-state index contributed by atoms with van der Waals surface area (Å²) in [6.07, 6.45) is 3.29. The van der Waals surface area contributed by atoms with Crippen LogP contribution >= 0.6 is 0 Å². The molecule has 2 rings (SSSR count). The number of aliphatic hydroxyl groups excluding tert-OH is 1. The summed E-state index contributed by atoms with van der Waals surface area (Å²) in [6, 6.07) is 5.49. The van der Waals surface area contributed by atoms with Gasteiger partial charge in [0.25, 0.3) is 0 Å². The average molecular weight is 280 g/mol. The molecular weight excluding hydrogens is 255 g/mol. The van der Waals surface area contributed by atoms with Crippen LogP contribution in [0, 0.1) is 5.82 Å². The zero-order chi connectivity index (χ0) is 14.5. The van der Waals surface area contributed by atoms with Gasteiger partial charge in [0.2, 0.25) is 0 Å². The first-order valence-electron chi connectivity index (χ1n) is 7.51. The predicted octanol–water partition coefficient (Wildman–Crippen LogP) is 2.67. The fraction of sp³-hybridized carbons (Fsp3) is 0.625. The van der Waals surface area contributed by atoms with Gasteiger partial charge in [-0.2, -0.15) is 0 Å². The molecule has 1 aromatic carbocycles. The van der Waals surface area contributed by atoms with E-state index in [1.54, 1.807) is 6.07 Å². The van der Waals surface area contributed by atoms with Crippen molar-refractivity contribution >= 4 is 5.69 Å². The van der Waals surface area contributed by atoms with Gasteiger partial charge in [-0.1, -0.05) is 13.8 Å². The van der Waals surface area contributed by atoms with Crippen molar-refractivity contribution in [2.24, 2.45) is 0 Å². The van der Waals surface area contributed by atoms with Gasteiger partial charge in [0, 0.05) is 24.8 Å². The number of benzene rings is 1. The van der Waals surface area contributed by atoms with E-state index in [-0.39, 0.29) is 18.5 Å². The van der Waals surface area contributed by atoms with Gasteiger partial charge < -0.3 is 15.3 Å². The van der Waals surface area contributed by atoms with Crippen LogP contribution in [0.4, 0.5) is 10.1 Å². The van der Waals surface area contributed by atoms with Crippen LogP contribution < -0.4 is 10.2 Å². The molecule has 1 heterocycles. The number of anilines is 1. The molecule has 1 aliphatic rings. The predicted molar refractivity (Wildman–Crippen MR) is 80.4 cm³/mol. The molecule has 1 aliphatic heterocycles. The van der Waals surface area contributed by atoms with Crippen molar-refractivity contribution in [1.82, 2.24) is 5.32 Å². The largest absolute Gasteiger partial charge is 0.394 e. The summed E-state index contributed by atoms with van der Waals surface area (Å²) < 4.78 is 13.5. The topological polar surface area (TPSA) is 35.5 Å². The average Bonchev–Trinajstić information content (AvgIpc) is 2.45. The molecule has 1 saturated heterocycles. The Balaban J connectivity index is 2.24. The molecule has 0 aromatic heterocycles. The molecule has 0 radical (unpaired) electrons. The van der Waals surface area contributed by atoms with Crippen molar-refractivity contribution in [2.75, 3.05) is 18.1 Å². The third kappa shape index (κ3) is 3.70. The van der Waals surface area contributed by atoms with Crippen molar-refractivity contribution in [3.8, 4) is 0 Å². The highest BCUT2D eigenvalue weighted by atomic mass is 19.1. The quantitative estimate of drug-likeness (QED) is 0.870. The minimum absolute atomic E-state index is 0.159. The van der Waals surface area contributed by atoms with Gasteiger partial charge in [0.1, 0.15) is 5.82 Å². The standard InChI is InChI=1S/C16H25FN2O/c1-12(2)18-10-13-9-14(17)6-7-16(13)19-8-4-3-5-15(19)11-20/h6-7,9,12,15,18,20H,3-5,8,10-11H2,1-2H3. The van der Waals surface area contributed by atoms with Crippen LogP contribution in [0.3, 0.4) is 0 Å². The van der Waals surface area contributed by atoms with E-state index in [0.717, 1.165) is 37.1 Å². The van der Waals surface area contributed by atoms with Crippen LogP contribution in [0.25, 0.3) is 0 Å². The molecule has 0 spiro atoms. The zero-order valence-corrected chi connectivity index (χ0v) is 12.4. The Kier molecular flexibility index (Phi) is 5.38. The number of nitrogens with zero attached hydrogens (tertiary/aromatic N) is 1. The lowest BCUT2D eigenvalue weighted by atomic mass is 10.00. The summed E-state index contributed by atoms with van der Waals surface area (Å²) in [5.74, 6) is -0.202. The van der Waals surface area contributed by atoms with Crippen LogP contribution in [-0.2, 0) is 6.54 Å². The molecule has 1 aromatic rings. The molecule has 0 saturated carbocycles. The Bertz CT molecular complexity index is 436. The minimum atomic E-state index is -0.202.